The molecule has 0 aromatic heterocycles. The van der Waals surface area contributed by atoms with E-state index in [9.17, 15) is 4.79 Å². The number of hydrogen-bond acceptors (Lipinski definition) is 2. The van der Waals surface area contributed by atoms with Gasteiger partial charge in [-0.1, -0.05) is 42.5 Å². The first kappa shape index (κ1) is 17.9. The molecule has 3 nitrogen and oxygen atoms in total. The first-order chi connectivity index (χ1) is 13.8. The molecule has 5 rings (SSSR count). The predicted octanol–water partition coefficient (Wildman–Crippen LogP) is 4.34. The summed E-state index contributed by atoms with van der Waals surface area (Å²) >= 11 is 0. The molecule has 3 aliphatic rings. The second-order valence-electron chi connectivity index (χ2n) is 8.81. The molecule has 1 aliphatic carbocycles. The van der Waals surface area contributed by atoms with Gasteiger partial charge in [-0.05, 0) is 86.3 Å². The molecular weight excluding hydrogens is 344 g/mol. The molecule has 28 heavy (non-hydrogen) atoms. The zero-order valence-electron chi connectivity index (χ0n) is 16.7. The lowest BCUT2D eigenvalue weighted by atomic mass is 9.74. The number of aryl methyl sites for hydroxylation is 2. The molecule has 0 radical (unpaired) electrons. The Balaban J connectivity index is 1.16. The Labute approximate surface area is 168 Å². The summed E-state index contributed by atoms with van der Waals surface area (Å²) in [7, 11) is 0. The van der Waals surface area contributed by atoms with E-state index in [0.29, 0.717) is 17.7 Å². The summed E-state index contributed by atoms with van der Waals surface area (Å²) in [5.74, 6) is 0.291. The number of likely N-dealkylation sites (tertiary alicyclic amines) is 1. The highest BCUT2D eigenvalue weighted by Gasteiger charge is 2.40. The minimum absolute atomic E-state index is 0.291. The Bertz CT molecular complexity index is 866. The standard InChI is InChI=1S/C25H30N2O/c28-24-11-10-21-7-2-4-9-23(21)27(24)17-5-16-26-18-14-25(15-19-26)13-12-20-6-1-3-8-22(20)25/h1-4,6-9H,5,10-19H2. The van der Waals surface area contributed by atoms with Crippen molar-refractivity contribution in [2.75, 3.05) is 31.1 Å². The van der Waals surface area contributed by atoms with E-state index in [4.69, 9.17) is 0 Å². The van der Waals surface area contributed by atoms with Crippen molar-refractivity contribution < 1.29 is 4.79 Å². The summed E-state index contributed by atoms with van der Waals surface area (Å²) in [6, 6.07) is 17.5. The van der Waals surface area contributed by atoms with E-state index in [1.54, 1.807) is 11.1 Å². The van der Waals surface area contributed by atoms with Gasteiger partial charge >= 0.3 is 0 Å². The summed E-state index contributed by atoms with van der Waals surface area (Å²) in [5, 5.41) is 0. The van der Waals surface area contributed by atoms with Gasteiger partial charge in [-0.15, -0.1) is 0 Å². The fourth-order valence-corrected chi connectivity index (χ4v) is 5.68. The van der Waals surface area contributed by atoms with E-state index >= 15 is 0 Å². The van der Waals surface area contributed by atoms with Crippen LogP contribution in [-0.2, 0) is 23.1 Å². The van der Waals surface area contributed by atoms with Crippen LogP contribution in [0.2, 0.25) is 0 Å². The molecule has 2 aromatic rings. The van der Waals surface area contributed by atoms with Crippen LogP contribution in [-0.4, -0.2) is 37.0 Å². The molecule has 0 saturated carbocycles. The lowest BCUT2D eigenvalue weighted by Crippen LogP contribution is -2.43. The molecule has 1 fully saturated rings. The number of para-hydroxylation sites is 1. The zero-order valence-corrected chi connectivity index (χ0v) is 16.7. The number of carbonyl (C=O) groups is 1. The number of anilines is 1. The van der Waals surface area contributed by atoms with Crippen molar-refractivity contribution >= 4 is 11.6 Å². The van der Waals surface area contributed by atoms with Crippen LogP contribution in [0.4, 0.5) is 5.69 Å². The molecule has 146 valence electrons. The number of benzene rings is 2. The number of fused-ring (bicyclic) bond motifs is 3. The van der Waals surface area contributed by atoms with Crippen LogP contribution in [0.1, 0.15) is 48.8 Å². The Morgan fingerprint density at radius 3 is 2.39 bits per heavy atom. The lowest BCUT2D eigenvalue weighted by Gasteiger charge is -2.40. The van der Waals surface area contributed by atoms with Gasteiger partial charge in [0.25, 0.3) is 0 Å². The quantitative estimate of drug-likeness (QED) is 0.795. The number of hydrogen-bond donors (Lipinski definition) is 0. The molecule has 0 bridgehead atoms. The Morgan fingerprint density at radius 2 is 1.54 bits per heavy atom. The molecule has 0 N–H and O–H groups in total. The normalized spacial score (nSPS) is 21.0. The number of rotatable bonds is 4. The third-order valence-corrected chi connectivity index (χ3v) is 7.32. The SMILES string of the molecule is O=C1CCc2ccccc2N1CCCN1CCC2(CCc3ccccc32)CC1. The molecule has 0 unspecified atom stereocenters. The zero-order chi connectivity index (χ0) is 19.0. The van der Waals surface area contributed by atoms with Gasteiger partial charge in [-0.3, -0.25) is 4.79 Å². The van der Waals surface area contributed by atoms with E-state index in [1.165, 1.54) is 44.3 Å². The van der Waals surface area contributed by atoms with E-state index in [-0.39, 0.29) is 0 Å². The highest BCUT2D eigenvalue weighted by molar-refractivity contribution is 5.96. The topological polar surface area (TPSA) is 23.6 Å². The Hall–Kier alpha value is -2.13. The summed E-state index contributed by atoms with van der Waals surface area (Å²) in [6.07, 6.45) is 7.77. The van der Waals surface area contributed by atoms with E-state index in [2.05, 4.69) is 47.4 Å². The highest BCUT2D eigenvalue weighted by Crippen LogP contribution is 2.46. The van der Waals surface area contributed by atoms with Gasteiger partial charge in [-0.25, -0.2) is 0 Å². The van der Waals surface area contributed by atoms with E-state index in [0.717, 1.165) is 31.6 Å². The molecule has 0 atom stereocenters. The van der Waals surface area contributed by atoms with Gasteiger partial charge in [0.15, 0.2) is 0 Å². The van der Waals surface area contributed by atoms with Crippen LogP contribution in [0.5, 0.6) is 0 Å². The maximum atomic E-state index is 12.4. The van der Waals surface area contributed by atoms with Crippen molar-refractivity contribution in [2.24, 2.45) is 0 Å². The molecule has 2 heterocycles. The Morgan fingerprint density at radius 1 is 0.786 bits per heavy atom. The molecule has 2 aromatic carbocycles. The van der Waals surface area contributed by atoms with Crippen molar-refractivity contribution in [3.8, 4) is 0 Å². The van der Waals surface area contributed by atoms with Gasteiger partial charge in [0.05, 0.1) is 0 Å². The van der Waals surface area contributed by atoms with Crippen LogP contribution in [0.3, 0.4) is 0 Å². The minimum atomic E-state index is 0.291. The fraction of sp³-hybridized carbons (Fsp3) is 0.480. The van der Waals surface area contributed by atoms with Gasteiger partial charge < -0.3 is 9.80 Å². The predicted molar refractivity (Wildman–Crippen MR) is 114 cm³/mol. The van der Waals surface area contributed by atoms with Gasteiger partial charge in [0.2, 0.25) is 5.91 Å². The number of amides is 1. The monoisotopic (exact) mass is 374 g/mol. The third-order valence-electron chi connectivity index (χ3n) is 7.32. The first-order valence-electron chi connectivity index (χ1n) is 10.9. The van der Waals surface area contributed by atoms with Crippen molar-refractivity contribution in [3.63, 3.8) is 0 Å². The van der Waals surface area contributed by atoms with Gasteiger partial charge in [0, 0.05) is 18.7 Å². The second-order valence-corrected chi connectivity index (χ2v) is 8.81. The number of nitrogens with zero attached hydrogens (tertiary/aromatic N) is 2. The number of carbonyl (C=O) groups excluding carboxylic acids is 1. The molecular formula is C25H30N2O. The highest BCUT2D eigenvalue weighted by atomic mass is 16.2. The van der Waals surface area contributed by atoms with E-state index in [1.807, 2.05) is 11.0 Å². The first-order valence-corrected chi connectivity index (χ1v) is 10.9. The fourth-order valence-electron chi connectivity index (χ4n) is 5.68. The van der Waals surface area contributed by atoms with E-state index < -0.39 is 0 Å². The largest absolute Gasteiger partial charge is 0.312 e. The molecule has 1 amide bonds. The maximum Gasteiger partial charge on any atom is 0.227 e. The Kier molecular flexibility index (Phi) is 4.72. The van der Waals surface area contributed by atoms with Crippen LogP contribution >= 0.6 is 0 Å². The maximum absolute atomic E-state index is 12.4. The molecule has 2 aliphatic heterocycles. The summed E-state index contributed by atoms with van der Waals surface area (Å²) in [6.45, 7) is 4.34. The average Bonchev–Trinajstić information content (AvgIpc) is 3.10. The molecule has 1 saturated heterocycles. The summed E-state index contributed by atoms with van der Waals surface area (Å²) < 4.78 is 0. The van der Waals surface area contributed by atoms with Gasteiger partial charge in [-0.2, -0.15) is 0 Å². The summed E-state index contributed by atoms with van der Waals surface area (Å²) in [4.78, 5) is 17.1. The smallest absolute Gasteiger partial charge is 0.227 e. The van der Waals surface area contributed by atoms with Gasteiger partial charge in [0.1, 0.15) is 0 Å². The lowest BCUT2D eigenvalue weighted by molar-refractivity contribution is -0.118. The van der Waals surface area contributed by atoms with Crippen molar-refractivity contribution in [2.45, 2.75) is 50.4 Å². The average molecular weight is 375 g/mol. The number of piperidine rings is 1. The van der Waals surface area contributed by atoms with Crippen molar-refractivity contribution in [1.29, 1.82) is 0 Å². The van der Waals surface area contributed by atoms with Crippen LogP contribution in [0.25, 0.3) is 0 Å². The van der Waals surface area contributed by atoms with Crippen LogP contribution < -0.4 is 4.90 Å². The minimum Gasteiger partial charge on any atom is -0.312 e. The van der Waals surface area contributed by atoms with Crippen LogP contribution in [0, 0.1) is 0 Å². The van der Waals surface area contributed by atoms with Crippen LogP contribution in [0.15, 0.2) is 48.5 Å². The molecule has 1 spiro atoms. The molecule has 3 heteroatoms. The summed E-state index contributed by atoms with van der Waals surface area (Å²) in [5.41, 5.74) is 6.11. The third kappa shape index (κ3) is 3.16. The van der Waals surface area contributed by atoms with Crippen molar-refractivity contribution in [1.82, 2.24) is 4.90 Å². The van der Waals surface area contributed by atoms with Crippen molar-refractivity contribution in [3.05, 3.63) is 65.2 Å². The second kappa shape index (κ2) is 7.36.